The Balaban J connectivity index is 4.12. The number of hydrogen-bond acceptors (Lipinski definition) is 6. The van der Waals surface area contributed by atoms with Crippen LogP contribution in [0.3, 0.4) is 0 Å². The van der Waals surface area contributed by atoms with Gasteiger partial charge in [-0.1, -0.05) is 0 Å². The van der Waals surface area contributed by atoms with Gasteiger partial charge in [-0.05, 0) is 0 Å². The van der Waals surface area contributed by atoms with Crippen LogP contribution in [0.15, 0.2) is 0 Å². The summed E-state index contributed by atoms with van der Waals surface area (Å²) in [6.07, 6.45) is 0. The first-order chi connectivity index (χ1) is 9.42. The van der Waals surface area contributed by atoms with Gasteiger partial charge in [0, 0.05) is 0 Å². The molecule has 0 saturated carbocycles. The molecule has 0 saturated heterocycles. The molecular formula is C10H20N2O4S2Se3. The first-order valence-corrected chi connectivity index (χ1v) is 20.1. The zero-order valence-electron chi connectivity index (χ0n) is 12.1. The minimum atomic E-state index is -0.982. The van der Waals surface area contributed by atoms with E-state index in [0.29, 0.717) is 11.3 Å². The molecule has 11 heteroatoms. The molecule has 0 heterocycles. The molecule has 0 aliphatic heterocycles. The maximum atomic E-state index is 10.9. The molecule has 0 spiro atoms. The van der Waals surface area contributed by atoms with Crippen LogP contribution in [-0.2, 0) is 9.59 Å². The Morgan fingerprint density at radius 3 is 1.43 bits per heavy atom. The van der Waals surface area contributed by atoms with Crippen LogP contribution >= 0.6 is 20.4 Å². The third kappa shape index (κ3) is 7.97. The monoisotopic (exact) mass is 536 g/mol. The molecule has 0 fully saturated rings. The number of hydrogen-bond donors (Lipinski definition) is 4. The maximum absolute atomic E-state index is 10.9. The number of aliphatic carboxylic acids is 2. The second kappa shape index (κ2) is 9.42. The molecule has 0 aromatic carbocycles. The fraction of sp³-hybridized carbons (Fsp3) is 0.800. The molecule has 124 valence electrons. The standard InChI is InChI=1S/C10H20N2O4S2Se3/c1-9(2,5(11)7(13)14)17-19-21-20-18-10(3,4)6(12)8(15)16/h5-6H,11-12H2,1-4H3,(H,13,14)(H,15,16). The number of carbonyl (C=O) groups is 2. The molecular weight excluding hydrogens is 513 g/mol. The summed E-state index contributed by atoms with van der Waals surface area (Å²) in [4.78, 5) is 21.8. The van der Waals surface area contributed by atoms with E-state index in [2.05, 4.69) is 0 Å². The summed E-state index contributed by atoms with van der Waals surface area (Å²) < 4.78 is -0.970. The van der Waals surface area contributed by atoms with Crippen molar-refractivity contribution in [1.29, 1.82) is 0 Å². The van der Waals surface area contributed by atoms with Gasteiger partial charge in [0.15, 0.2) is 0 Å². The molecule has 0 aromatic rings. The summed E-state index contributed by atoms with van der Waals surface area (Å²) in [6.45, 7) is 7.38. The molecule has 6 nitrogen and oxygen atoms in total. The Morgan fingerprint density at radius 1 is 0.905 bits per heavy atom. The third-order valence-electron chi connectivity index (χ3n) is 2.58. The molecule has 0 amide bonds. The normalized spacial score (nSPS) is 15.5. The van der Waals surface area contributed by atoms with Crippen molar-refractivity contribution in [2.45, 2.75) is 49.3 Å². The van der Waals surface area contributed by atoms with Gasteiger partial charge in [-0.25, -0.2) is 0 Å². The fourth-order valence-corrected chi connectivity index (χ4v) is 42.6. The first kappa shape index (κ1) is 22.1. The number of rotatable bonds is 10. The molecule has 21 heavy (non-hydrogen) atoms. The van der Waals surface area contributed by atoms with Crippen LogP contribution in [0.5, 0.6) is 0 Å². The van der Waals surface area contributed by atoms with E-state index < -0.39 is 33.5 Å². The summed E-state index contributed by atoms with van der Waals surface area (Å²) >= 11 is 0.945. The van der Waals surface area contributed by atoms with Crippen molar-refractivity contribution in [2.24, 2.45) is 11.5 Å². The second-order valence-electron chi connectivity index (χ2n) is 5.21. The van der Waals surface area contributed by atoms with Crippen LogP contribution in [0.2, 0.25) is 0 Å². The van der Waals surface area contributed by atoms with Crippen molar-refractivity contribution in [2.75, 3.05) is 0 Å². The Bertz CT molecular complexity index is 351. The van der Waals surface area contributed by atoms with Gasteiger partial charge in [0.1, 0.15) is 0 Å². The third-order valence-corrected chi connectivity index (χ3v) is 38.1. The van der Waals surface area contributed by atoms with Crippen LogP contribution in [0.4, 0.5) is 0 Å². The zero-order valence-corrected chi connectivity index (χ0v) is 18.8. The predicted octanol–water partition coefficient (Wildman–Crippen LogP) is -0.394. The van der Waals surface area contributed by atoms with Crippen molar-refractivity contribution in [3.8, 4) is 0 Å². The van der Waals surface area contributed by atoms with Crippen molar-refractivity contribution in [3.63, 3.8) is 0 Å². The van der Waals surface area contributed by atoms with Crippen LogP contribution in [0.1, 0.15) is 27.7 Å². The first-order valence-electron chi connectivity index (χ1n) is 5.75. The number of carboxylic acids is 2. The molecule has 6 N–H and O–H groups in total. The molecule has 2 atom stereocenters. The molecule has 0 aliphatic carbocycles. The average Bonchev–Trinajstić information content (AvgIpc) is 2.35. The summed E-state index contributed by atoms with van der Waals surface area (Å²) in [5.41, 5.74) is 11.3. The zero-order chi connectivity index (χ0) is 16.8. The average molecular weight is 533 g/mol. The van der Waals surface area contributed by atoms with Crippen LogP contribution in [0, 0.1) is 0 Å². The molecule has 0 aliphatic rings. The van der Waals surface area contributed by atoms with Gasteiger partial charge in [-0.2, -0.15) is 0 Å². The van der Waals surface area contributed by atoms with Crippen LogP contribution in [-0.4, -0.2) is 79.1 Å². The van der Waals surface area contributed by atoms with Crippen LogP contribution < -0.4 is 11.5 Å². The summed E-state index contributed by atoms with van der Waals surface area (Å²) in [7, 11) is 3.24. The van der Waals surface area contributed by atoms with E-state index in [9.17, 15) is 9.59 Å². The van der Waals surface area contributed by atoms with E-state index in [-0.39, 0.29) is 24.0 Å². The van der Waals surface area contributed by atoms with Gasteiger partial charge in [-0.15, -0.1) is 0 Å². The Hall–Kier alpha value is 1.12. The fourth-order valence-electron chi connectivity index (χ4n) is 0.913. The molecule has 0 rings (SSSR count). The Morgan fingerprint density at radius 2 is 1.19 bits per heavy atom. The van der Waals surface area contributed by atoms with E-state index in [1.54, 1.807) is 20.4 Å². The van der Waals surface area contributed by atoms with Crippen molar-refractivity contribution >= 4 is 67.6 Å². The molecule has 0 bridgehead atoms. The van der Waals surface area contributed by atoms with E-state index >= 15 is 0 Å². The topological polar surface area (TPSA) is 127 Å². The number of carboxylic acid groups (broad SMARTS) is 2. The van der Waals surface area contributed by atoms with Gasteiger partial charge in [-0.3, -0.25) is 0 Å². The predicted molar refractivity (Wildman–Crippen MR) is 91.8 cm³/mol. The number of nitrogens with two attached hydrogens (primary N) is 2. The van der Waals surface area contributed by atoms with Crippen molar-refractivity contribution < 1.29 is 19.8 Å². The van der Waals surface area contributed by atoms with Gasteiger partial charge >= 0.3 is 148 Å². The van der Waals surface area contributed by atoms with Gasteiger partial charge in [0.2, 0.25) is 0 Å². The summed E-state index contributed by atoms with van der Waals surface area (Å²) in [5, 5.41) is 17.9. The van der Waals surface area contributed by atoms with Gasteiger partial charge < -0.3 is 0 Å². The minimum absolute atomic E-state index is 0.278. The van der Waals surface area contributed by atoms with E-state index in [1.807, 2.05) is 27.7 Å². The van der Waals surface area contributed by atoms with Gasteiger partial charge in [0.05, 0.1) is 0 Å². The quantitative estimate of drug-likeness (QED) is 0.221. The summed E-state index contributed by atoms with van der Waals surface area (Å²) in [5.74, 6) is -1.96. The van der Waals surface area contributed by atoms with Crippen molar-refractivity contribution in [3.05, 3.63) is 0 Å². The van der Waals surface area contributed by atoms with Gasteiger partial charge in [0.25, 0.3) is 0 Å². The Labute approximate surface area is 147 Å². The van der Waals surface area contributed by atoms with Crippen LogP contribution in [0.25, 0.3) is 0 Å². The SMILES string of the molecule is CC(C)(S[Se][Se][Se]SC(C)(C)C(N)C(=O)O)C(N)C(=O)O. The summed E-state index contributed by atoms with van der Waals surface area (Å²) in [6, 6.07) is -1.76. The van der Waals surface area contributed by atoms with Crippen molar-refractivity contribution in [1.82, 2.24) is 0 Å². The molecule has 0 radical (unpaired) electrons. The molecule has 2 unspecified atom stereocenters. The van der Waals surface area contributed by atoms with E-state index in [1.165, 1.54) is 0 Å². The Kier molecular flexibility index (Phi) is 9.92. The second-order valence-corrected chi connectivity index (χ2v) is 30.1. The van der Waals surface area contributed by atoms with E-state index in [0.717, 1.165) is 0 Å². The van der Waals surface area contributed by atoms with E-state index in [4.69, 9.17) is 21.7 Å². The molecule has 0 aromatic heterocycles.